The van der Waals surface area contributed by atoms with Gasteiger partial charge in [0.2, 0.25) is 11.0 Å². The summed E-state index contributed by atoms with van der Waals surface area (Å²) in [5.74, 6) is -0.528. The summed E-state index contributed by atoms with van der Waals surface area (Å²) in [4.78, 5) is 17.1. The van der Waals surface area contributed by atoms with Gasteiger partial charge in [-0.25, -0.2) is 9.37 Å². The zero-order valence-corrected chi connectivity index (χ0v) is 18.2. The standard InChI is InChI=1S/C20H13BrClFN4OS/c1-9-18-13(12-7-11(22)3-4-14(12)23)8-17(28)25-19(18)27(26-9)20-24-15-5-2-10(21)6-16(15)29-20/h2-7,13H,8H2,1H3,(H,25,28). The SMILES string of the molecule is Cc1nn(-c2nc3ccc(Br)cc3s2)c2c1C(c1cc(Cl)ccc1F)CC(=O)N2. The van der Waals surface area contributed by atoms with Gasteiger partial charge in [-0.2, -0.15) is 9.78 Å². The number of thiazole rings is 1. The molecule has 1 aliphatic rings. The Hall–Kier alpha value is -2.29. The summed E-state index contributed by atoms with van der Waals surface area (Å²) in [7, 11) is 0. The molecule has 1 aliphatic heterocycles. The number of aryl methyl sites for hydroxylation is 1. The third-order valence-electron chi connectivity index (χ3n) is 4.96. The van der Waals surface area contributed by atoms with Crippen LogP contribution in [0.25, 0.3) is 15.3 Å². The molecular weight excluding hydrogens is 479 g/mol. The summed E-state index contributed by atoms with van der Waals surface area (Å²) in [5.41, 5.74) is 2.73. The van der Waals surface area contributed by atoms with Crippen molar-refractivity contribution in [3.05, 3.63) is 68.5 Å². The summed E-state index contributed by atoms with van der Waals surface area (Å²) in [6.45, 7) is 1.85. The molecule has 1 atom stereocenters. The highest BCUT2D eigenvalue weighted by molar-refractivity contribution is 9.10. The number of amides is 1. The van der Waals surface area contributed by atoms with Crippen LogP contribution in [-0.4, -0.2) is 20.7 Å². The predicted molar refractivity (Wildman–Crippen MR) is 116 cm³/mol. The third-order valence-corrected chi connectivity index (χ3v) is 6.68. The third kappa shape index (κ3) is 3.15. The Bertz CT molecular complexity index is 1300. The van der Waals surface area contributed by atoms with Crippen LogP contribution in [0.15, 0.2) is 40.9 Å². The monoisotopic (exact) mass is 490 g/mol. The minimum absolute atomic E-state index is 0.129. The molecule has 0 radical (unpaired) electrons. The summed E-state index contributed by atoms with van der Waals surface area (Å²) in [6.07, 6.45) is 0.129. The van der Waals surface area contributed by atoms with Crippen molar-refractivity contribution in [2.45, 2.75) is 19.3 Å². The number of anilines is 1. The van der Waals surface area contributed by atoms with E-state index in [1.54, 1.807) is 10.7 Å². The van der Waals surface area contributed by atoms with Gasteiger partial charge in [0.1, 0.15) is 11.6 Å². The molecule has 0 saturated heterocycles. The molecule has 9 heteroatoms. The van der Waals surface area contributed by atoms with E-state index >= 15 is 0 Å². The fraction of sp³-hybridized carbons (Fsp3) is 0.150. The zero-order valence-electron chi connectivity index (χ0n) is 15.0. The lowest BCUT2D eigenvalue weighted by molar-refractivity contribution is -0.116. The molecule has 146 valence electrons. The van der Waals surface area contributed by atoms with E-state index in [1.807, 2.05) is 25.1 Å². The smallest absolute Gasteiger partial charge is 0.226 e. The summed E-state index contributed by atoms with van der Waals surface area (Å²) >= 11 is 11.0. The van der Waals surface area contributed by atoms with Crippen LogP contribution in [0.4, 0.5) is 10.2 Å². The van der Waals surface area contributed by atoms with Crippen molar-refractivity contribution in [2.75, 3.05) is 5.32 Å². The van der Waals surface area contributed by atoms with Crippen LogP contribution < -0.4 is 5.32 Å². The first kappa shape index (κ1) is 18.7. The van der Waals surface area contributed by atoms with E-state index in [-0.39, 0.29) is 12.3 Å². The Labute approximate surface area is 182 Å². The molecule has 4 aromatic rings. The highest BCUT2D eigenvalue weighted by Gasteiger charge is 2.34. The van der Waals surface area contributed by atoms with Gasteiger partial charge in [-0.15, -0.1) is 0 Å². The van der Waals surface area contributed by atoms with Crippen molar-refractivity contribution in [1.29, 1.82) is 0 Å². The van der Waals surface area contributed by atoms with E-state index < -0.39 is 11.7 Å². The fourth-order valence-electron chi connectivity index (χ4n) is 3.71. The van der Waals surface area contributed by atoms with Gasteiger partial charge in [-0.3, -0.25) is 4.79 Å². The van der Waals surface area contributed by atoms with E-state index in [9.17, 15) is 9.18 Å². The Kier molecular flexibility index (Phi) is 4.45. The maximum absolute atomic E-state index is 14.6. The zero-order chi connectivity index (χ0) is 20.3. The number of halogens is 3. The molecule has 1 amide bonds. The number of benzene rings is 2. The van der Waals surface area contributed by atoms with Gasteiger partial charge in [-0.1, -0.05) is 38.9 Å². The molecule has 5 nitrogen and oxygen atoms in total. The van der Waals surface area contributed by atoms with Crippen molar-refractivity contribution in [3.8, 4) is 5.13 Å². The molecule has 2 aromatic carbocycles. The van der Waals surface area contributed by atoms with Crippen LogP contribution in [0, 0.1) is 12.7 Å². The number of hydrogen-bond acceptors (Lipinski definition) is 4. The molecule has 0 aliphatic carbocycles. The van der Waals surface area contributed by atoms with Gasteiger partial charge in [0.15, 0.2) is 0 Å². The van der Waals surface area contributed by atoms with E-state index in [1.165, 1.54) is 23.5 Å². The van der Waals surface area contributed by atoms with E-state index in [2.05, 4.69) is 31.3 Å². The van der Waals surface area contributed by atoms with Crippen molar-refractivity contribution in [3.63, 3.8) is 0 Å². The number of hydrogen-bond donors (Lipinski definition) is 1. The van der Waals surface area contributed by atoms with Crippen molar-refractivity contribution < 1.29 is 9.18 Å². The fourth-order valence-corrected chi connectivity index (χ4v) is 5.37. The number of nitrogens with one attached hydrogen (secondary N) is 1. The first-order valence-corrected chi connectivity index (χ1v) is 10.8. The van der Waals surface area contributed by atoms with Gasteiger partial charge in [-0.05, 0) is 48.9 Å². The maximum atomic E-state index is 14.6. The summed E-state index contributed by atoms with van der Waals surface area (Å²) in [5, 5.41) is 8.59. The number of nitrogens with zero attached hydrogens (tertiary/aromatic N) is 3. The van der Waals surface area contributed by atoms with Crippen LogP contribution >= 0.6 is 38.9 Å². The van der Waals surface area contributed by atoms with Gasteiger partial charge < -0.3 is 5.32 Å². The molecule has 3 heterocycles. The molecule has 0 fully saturated rings. The lowest BCUT2D eigenvalue weighted by Gasteiger charge is -2.24. The Balaban J connectivity index is 1.69. The Morgan fingerprint density at radius 3 is 2.97 bits per heavy atom. The molecule has 29 heavy (non-hydrogen) atoms. The van der Waals surface area contributed by atoms with Crippen LogP contribution in [0.3, 0.4) is 0 Å². The van der Waals surface area contributed by atoms with Gasteiger partial charge >= 0.3 is 0 Å². The Morgan fingerprint density at radius 1 is 1.31 bits per heavy atom. The lowest BCUT2D eigenvalue weighted by Crippen LogP contribution is -2.25. The number of rotatable bonds is 2. The van der Waals surface area contributed by atoms with Crippen LogP contribution in [0.1, 0.15) is 29.2 Å². The molecular formula is C20H13BrClFN4OS. The second kappa shape index (κ2) is 6.90. The highest BCUT2D eigenvalue weighted by Crippen LogP contribution is 2.42. The lowest BCUT2D eigenvalue weighted by atomic mass is 9.85. The second-order valence-corrected chi connectivity index (χ2v) is 9.20. The molecule has 5 rings (SSSR count). The highest BCUT2D eigenvalue weighted by atomic mass is 79.9. The first-order valence-electron chi connectivity index (χ1n) is 8.81. The largest absolute Gasteiger partial charge is 0.310 e. The minimum Gasteiger partial charge on any atom is -0.310 e. The number of aromatic nitrogens is 3. The normalized spacial score (nSPS) is 16.1. The van der Waals surface area contributed by atoms with Gasteiger partial charge in [0.25, 0.3) is 0 Å². The predicted octanol–water partition coefficient (Wildman–Crippen LogP) is 5.82. The van der Waals surface area contributed by atoms with Crippen LogP contribution in [0.2, 0.25) is 5.02 Å². The molecule has 1 N–H and O–H groups in total. The van der Waals surface area contributed by atoms with E-state index in [0.29, 0.717) is 27.2 Å². The topological polar surface area (TPSA) is 59.8 Å². The van der Waals surface area contributed by atoms with E-state index in [4.69, 9.17) is 11.6 Å². The van der Waals surface area contributed by atoms with Gasteiger partial charge in [0, 0.05) is 27.4 Å². The average Bonchev–Trinajstić information content (AvgIpc) is 3.23. The minimum atomic E-state index is -0.463. The molecule has 2 aromatic heterocycles. The van der Waals surface area contributed by atoms with Gasteiger partial charge in [0.05, 0.1) is 15.9 Å². The Morgan fingerprint density at radius 2 is 2.14 bits per heavy atom. The van der Waals surface area contributed by atoms with E-state index in [0.717, 1.165) is 20.3 Å². The van der Waals surface area contributed by atoms with Crippen molar-refractivity contribution in [2.24, 2.45) is 0 Å². The van der Waals surface area contributed by atoms with Crippen LogP contribution in [-0.2, 0) is 4.79 Å². The summed E-state index contributed by atoms with van der Waals surface area (Å²) < 4.78 is 18.2. The maximum Gasteiger partial charge on any atom is 0.226 e. The van der Waals surface area contributed by atoms with Crippen molar-refractivity contribution >= 4 is 60.8 Å². The molecule has 0 bridgehead atoms. The first-order chi connectivity index (χ1) is 13.9. The molecule has 0 saturated carbocycles. The molecule has 1 unspecified atom stereocenters. The second-order valence-electron chi connectivity index (χ2n) is 6.84. The summed E-state index contributed by atoms with van der Waals surface area (Å²) in [6, 6.07) is 10.2. The average molecular weight is 492 g/mol. The number of fused-ring (bicyclic) bond motifs is 2. The number of carbonyl (C=O) groups excluding carboxylic acids is 1. The van der Waals surface area contributed by atoms with Crippen molar-refractivity contribution in [1.82, 2.24) is 14.8 Å². The molecule has 0 spiro atoms. The quantitative estimate of drug-likeness (QED) is 0.384. The van der Waals surface area contributed by atoms with Crippen LogP contribution in [0.5, 0.6) is 0 Å². The number of carbonyl (C=O) groups is 1.